The number of hydrogen-bond acceptors (Lipinski definition) is 4. The fraction of sp³-hybridized carbons (Fsp3) is 0.308. The topological polar surface area (TPSA) is 79.8 Å². The summed E-state index contributed by atoms with van der Waals surface area (Å²) < 4.78 is 6.17. The zero-order valence-corrected chi connectivity index (χ0v) is 12.9. The van der Waals surface area contributed by atoms with Crippen LogP contribution in [0.1, 0.15) is 19.4 Å². The monoisotopic (exact) mass is 341 g/mol. The molecule has 0 radical (unpaired) electrons. The maximum Gasteiger partial charge on any atom is 0.329 e. The summed E-state index contributed by atoms with van der Waals surface area (Å²) in [4.78, 5) is 22.4. The molecule has 0 spiro atoms. The minimum atomic E-state index is -0.798. The molecule has 0 fully saturated rings. The maximum absolute atomic E-state index is 11.3. The van der Waals surface area contributed by atoms with Crippen molar-refractivity contribution in [2.24, 2.45) is 5.10 Å². The van der Waals surface area contributed by atoms with Gasteiger partial charge in [-0.2, -0.15) is 5.10 Å². The third-order valence-electron chi connectivity index (χ3n) is 2.18. The lowest BCUT2D eigenvalue weighted by atomic mass is 10.2. The van der Waals surface area contributed by atoms with Gasteiger partial charge >= 0.3 is 11.8 Å². The maximum atomic E-state index is 11.3. The van der Waals surface area contributed by atoms with Crippen molar-refractivity contribution in [2.45, 2.75) is 13.8 Å². The molecule has 0 saturated carbocycles. The van der Waals surface area contributed by atoms with E-state index in [0.29, 0.717) is 13.2 Å². The number of hydrogen-bond donors (Lipinski definition) is 2. The lowest BCUT2D eigenvalue weighted by molar-refractivity contribution is -0.139. The van der Waals surface area contributed by atoms with E-state index in [2.05, 4.69) is 31.8 Å². The van der Waals surface area contributed by atoms with Gasteiger partial charge in [0.25, 0.3) is 0 Å². The van der Waals surface area contributed by atoms with Crippen LogP contribution in [0.2, 0.25) is 0 Å². The molecular formula is C13H16BrN3O3. The Bertz CT molecular complexity index is 518. The summed E-state index contributed by atoms with van der Waals surface area (Å²) in [6.07, 6.45) is 1.44. The zero-order chi connectivity index (χ0) is 15.0. The van der Waals surface area contributed by atoms with Gasteiger partial charge < -0.3 is 10.1 Å². The SMILES string of the molecule is CCNC(=O)C(=O)N/N=C\c1ccc(OCC)c(Br)c1. The van der Waals surface area contributed by atoms with Crippen LogP contribution in [0.25, 0.3) is 0 Å². The average Bonchev–Trinajstić information content (AvgIpc) is 2.42. The van der Waals surface area contributed by atoms with Crippen molar-refractivity contribution < 1.29 is 14.3 Å². The zero-order valence-electron chi connectivity index (χ0n) is 11.3. The molecule has 0 unspecified atom stereocenters. The number of carbonyl (C=O) groups is 2. The van der Waals surface area contributed by atoms with Crippen molar-refractivity contribution >= 4 is 34.0 Å². The Labute approximate surface area is 125 Å². The average molecular weight is 342 g/mol. The highest BCUT2D eigenvalue weighted by Crippen LogP contribution is 2.25. The van der Waals surface area contributed by atoms with E-state index in [-0.39, 0.29) is 0 Å². The van der Waals surface area contributed by atoms with Gasteiger partial charge in [-0.15, -0.1) is 0 Å². The van der Waals surface area contributed by atoms with E-state index in [9.17, 15) is 9.59 Å². The number of ether oxygens (including phenoxy) is 1. The Morgan fingerprint density at radius 2 is 2.10 bits per heavy atom. The number of likely N-dealkylation sites (N-methyl/N-ethyl adjacent to an activating group) is 1. The van der Waals surface area contributed by atoms with Gasteiger partial charge in [0.15, 0.2) is 0 Å². The number of benzene rings is 1. The molecule has 1 aromatic carbocycles. The molecular weight excluding hydrogens is 326 g/mol. The van der Waals surface area contributed by atoms with Crippen molar-refractivity contribution in [2.75, 3.05) is 13.2 Å². The molecule has 6 nitrogen and oxygen atoms in total. The predicted octanol–water partition coefficient (Wildman–Crippen LogP) is 1.43. The molecule has 0 aliphatic rings. The van der Waals surface area contributed by atoms with Crippen molar-refractivity contribution in [1.29, 1.82) is 0 Å². The quantitative estimate of drug-likeness (QED) is 0.483. The molecule has 0 saturated heterocycles. The first-order valence-corrected chi connectivity index (χ1v) is 6.91. The summed E-state index contributed by atoms with van der Waals surface area (Å²) in [7, 11) is 0. The summed E-state index contributed by atoms with van der Waals surface area (Å²) in [5.74, 6) is -0.776. The van der Waals surface area contributed by atoms with Gasteiger partial charge in [0.05, 0.1) is 17.3 Å². The lowest BCUT2D eigenvalue weighted by Crippen LogP contribution is -2.37. The third-order valence-corrected chi connectivity index (χ3v) is 2.80. The second kappa shape index (κ2) is 8.31. The van der Waals surface area contributed by atoms with E-state index >= 15 is 0 Å². The van der Waals surface area contributed by atoms with Crippen molar-refractivity contribution in [3.63, 3.8) is 0 Å². The van der Waals surface area contributed by atoms with E-state index in [0.717, 1.165) is 15.8 Å². The summed E-state index contributed by atoms with van der Waals surface area (Å²) >= 11 is 3.37. The molecule has 2 N–H and O–H groups in total. The number of rotatable bonds is 5. The van der Waals surface area contributed by atoms with Crippen LogP contribution < -0.4 is 15.5 Å². The van der Waals surface area contributed by atoms with Gasteiger partial charge in [-0.25, -0.2) is 5.43 Å². The molecule has 1 rings (SSSR count). The van der Waals surface area contributed by atoms with Gasteiger partial charge in [-0.3, -0.25) is 9.59 Å². The van der Waals surface area contributed by atoms with E-state index in [4.69, 9.17) is 4.74 Å². The van der Waals surface area contributed by atoms with Crippen molar-refractivity contribution in [3.05, 3.63) is 28.2 Å². The summed E-state index contributed by atoms with van der Waals surface area (Å²) in [5.41, 5.74) is 2.91. The first kappa shape index (κ1) is 16.2. The second-order valence-corrected chi connectivity index (χ2v) is 4.54. The molecule has 0 heterocycles. The molecule has 0 aliphatic carbocycles. The van der Waals surface area contributed by atoms with Gasteiger partial charge in [0.2, 0.25) is 0 Å². The Hall–Kier alpha value is -1.89. The highest BCUT2D eigenvalue weighted by Gasteiger charge is 2.10. The van der Waals surface area contributed by atoms with Crippen LogP contribution in [0.4, 0.5) is 0 Å². The van der Waals surface area contributed by atoms with Crippen LogP contribution in [-0.4, -0.2) is 31.2 Å². The Morgan fingerprint density at radius 3 is 2.70 bits per heavy atom. The number of nitrogens with zero attached hydrogens (tertiary/aromatic N) is 1. The van der Waals surface area contributed by atoms with Crippen molar-refractivity contribution in [3.8, 4) is 5.75 Å². The van der Waals surface area contributed by atoms with E-state index in [1.165, 1.54) is 6.21 Å². The Balaban J connectivity index is 2.60. The first-order valence-electron chi connectivity index (χ1n) is 6.12. The molecule has 0 aliphatic heterocycles. The van der Waals surface area contributed by atoms with Crippen LogP contribution in [0.15, 0.2) is 27.8 Å². The van der Waals surface area contributed by atoms with E-state index < -0.39 is 11.8 Å². The molecule has 20 heavy (non-hydrogen) atoms. The second-order valence-electron chi connectivity index (χ2n) is 3.68. The molecule has 0 aromatic heterocycles. The molecule has 2 amide bonds. The van der Waals surface area contributed by atoms with Gasteiger partial charge in [-0.05, 0) is 53.5 Å². The highest BCUT2D eigenvalue weighted by atomic mass is 79.9. The summed E-state index contributed by atoms with van der Waals surface area (Å²) in [6.45, 7) is 4.60. The first-order chi connectivity index (χ1) is 9.58. The van der Waals surface area contributed by atoms with E-state index in [1.807, 2.05) is 6.92 Å². The Kier molecular flexibility index (Phi) is 6.72. The van der Waals surface area contributed by atoms with Gasteiger partial charge in [0, 0.05) is 6.54 Å². The van der Waals surface area contributed by atoms with Crippen LogP contribution >= 0.6 is 15.9 Å². The lowest BCUT2D eigenvalue weighted by Gasteiger charge is -2.05. The molecule has 0 atom stereocenters. The molecule has 7 heteroatoms. The van der Waals surface area contributed by atoms with E-state index in [1.54, 1.807) is 25.1 Å². The van der Waals surface area contributed by atoms with Crippen LogP contribution in [0, 0.1) is 0 Å². The normalized spacial score (nSPS) is 10.3. The molecule has 1 aromatic rings. The Morgan fingerprint density at radius 1 is 1.35 bits per heavy atom. The largest absolute Gasteiger partial charge is 0.493 e. The number of carbonyl (C=O) groups excluding carboxylic acids is 2. The number of nitrogens with one attached hydrogen (secondary N) is 2. The van der Waals surface area contributed by atoms with Crippen LogP contribution in [0.3, 0.4) is 0 Å². The number of amides is 2. The smallest absolute Gasteiger partial charge is 0.329 e. The van der Waals surface area contributed by atoms with Crippen LogP contribution in [-0.2, 0) is 9.59 Å². The van der Waals surface area contributed by atoms with Crippen LogP contribution in [0.5, 0.6) is 5.75 Å². The predicted molar refractivity (Wildman–Crippen MR) is 79.7 cm³/mol. The van der Waals surface area contributed by atoms with Crippen molar-refractivity contribution in [1.82, 2.24) is 10.7 Å². The summed E-state index contributed by atoms with van der Waals surface area (Å²) in [5, 5.41) is 6.09. The molecule has 0 bridgehead atoms. The number of halogens is 1. The third kappa shape index (κ3) is 5.00. The summed E-state index contributed by atoms with van der Waals surface area (Å²) in [6, 6.07) is 5.38. The van der Waals surface area contributed by atoms with Gasteiger partial charge in [-0.1, -0.05) is 0 Å². The fourth-order valence-electron chi connectivity index (χ4n) is 1.33. The number of hydrazone groups is 1. The molecule has 108 valence electrons. The fourth-order valence-corrected chi connectivity index (χ4v) is 1.84. The minimum absolute atomic E-state index is 0.391. The van der Waals surface area contributed by atoms with Gasteiger partial charge in [0.1, 0.15) is 5.75 Å². The standard InChI is InChI=1S/C13H16BrN3O3/c1-3-15-12(18)13(19)17-16-8-9-5-6-11(20-4-2)10(14)7-9/h5-8H,3-4H2,1-2H3,(H,15,18)(H,17,19)/b16-8-. The highest BCUT2D eigenvalue weighted by molar-refractivity contribution is 9.10. The minimum Gasteiger partial charge on any atom is -0.493 e.